The highest BCUT2D eigenvalue weighted by Crippen LogP contribution is 2.08. The van der Waals surface area contributed by atoms with Gasteiger partial charge in [0.05, 0.1) is 12.7 Å². The zero-order valence-electron chi connectivity index (χ0n) is 11.1. The zero-order chi connectivity index (χ0) is 14.4. The number of carbonyl (C=O) groups is 1. The Morgan fingerprint density at radius 1 is 1.40 bits per heavy atom. The predicted molar refractivity (Wildman–Crippen MR) is 74.3 cm³/mol. The van der Waals surface area contributed by atoms with Crippen LogP contribution in [-0.4, -0.2) is 27.3 Å². The van der Waals surface area contributed by atoms with Crippen molar-refractivity contribution in [1.82, 2.24) is 14.9 Å². The van der Waals surface area contributed by atoms with Crippen molar-refractivity contribution >= 4 is 5.91 Å². The van der Waals surface area contributed by atoms with Crippen LogP contribution in [0, 0.1) is 5.82 Å². The third-order valence-corrected chi connectivity index (χ3v) is 2.89. The molecule has 20 heavy (non-hydrogen) atoms. The highest BCUT2D eigenvalue weighted by atomic mass is 19.1. The van der Waals surface area contributed by atoms with Crippen molar-refractivity contribution in [2.24, 2.45) is 0 Å². The Kier molecular flexibility index (Phi) is 4.65. The van der Waals surface area contributed by atoms with Crippen LogP contribution in [0.3, 0.4) is 0 Å². The van der Waals surface area contributed by atoms with Crippen LogP contribution in [0.2, 0.25) is 0 Å². The van der Waals surface area contributed by atoms with Gasteiger partial charge in [0.15, 0.2) is 0 Å². The molecule has 0 saturated carbocycles. The van der Waals surface area contributed by atoms with Gasteiger partial charge in [-0.15, -0.1) is 6.58 Å². The molecule has 4 nitrogen and oxygen atoms in total. The molecule has 0 aliphatic heterocycles. The highest BCUT2D eigenvalue weighted by Gasteiger charge is 2.14. The van der Waals surface area contributed by atoms with E-state index in [4.69, 9.17) is 0 Å². The Bertz CT molecular complexity index is 563. The van der Waals surface area contributed by atoms with Crippen LogP contribution in [0.4, 0.5) is 4.39 Å². The summed E-state index contributed by atoms with van der Waals surface area (Å²) in [6.07, 6.45) is 5.10. The SMILES string of the molecule is C=CCN(Cc1ccc(F)cc1)C(=O)Cc1cnc[nH]1. The number of nitrogens with one attached hydrogen (secondary N) is 1. The first kappa shape index (κ1) is 14.0. The van der Waals surface area contributed by atoms with Crippen molar-refractivity contribution in [3.63, 3.8) is 0 Å². The molecule has 1 N–H and O–H groups in total. The summed E-state index contributed by atoms with van der Waals surface area (Å²) >= 11 is 0. The fourth-order valence-corrected chi connectivity index (χ4v) is 1.88. The van der Waals surface area contributed by atoms with Gasteiger partial charge in [-0.2, -0.15) is 0 Å². The normalized spacial score (nSPS) is 10.2. The number of hydrogen-bond acceptors (Lipinski definition) is 2. The number of imidazole rings is 1. The Labute approximate surface area is 117 Å². The van der Waals surface area contributed by atoms with E-state index < -0.39 is 0 Å². The molecule has 104 valence electrons. The number of aromatic amines is 1. The highest BCUT2D eigenvalue weighted by molar-refractivity contribution is 5.78. The Balaban J connectivity index is 2.04. The van der Waals surface area contributed by atoms with Gasteiger partial charge in [0.25, 0.3) is 0 Å². The molecule has 1 amide bonds. The molecule has 1 aromatic heterocycles. The van der Waals surface area contributed by atoms with Crippen LogP contribution in [0.25, 0.3) is 0 Å². The van der Waals surface area contributed by atoms with Crippen molar-refractivity contribution < 1.29 is 9.18 Å². The molecule has 0 atom stereocenters. The van der Waals surface area contributed by atoms with E-state index in [2.05, 4.69) is 16.5 Å². The van der Waals surface area contributed by atoms with E-state index in [0.717, 1.165) is 11.3 Å². The molecular weight excluding hydrogens is 257 g/mol. The number of nitrogens with zero attached hydrogens (tertiary/aromatic N) is 2. The topological polar surface area (TPSA) is 49.0 Å². The molecule has 2 rings (SSSR count). The molecule has 0 aliphatic carbocycles. The second-order valence-corrected chi connectivity index (χ2v) is 4.44. The smallest absolute Gasteiger partial charge is 0.229 e. The van der Waals surface area contributed by atoms with Crippen molar-refractivity contribution in [1.29, 1.82) is 0 Å². The predicted octanol–water partition coefficient (Wildman–Crippen LogP) is 2.31. The summed E-state index contributed by atoms with van der Waals surface area (Å²) in [5.41, 5.74) is 1.65. The van der Waals surface area contributed by atoms with Crippen LogP contribution in [0.5, 0.6) is 0 Å². The Morgan fingerprint density at radius 2 is 2.15 bits per heavy atom. The minimum Gasteiger partial charge on any atom is -0.348 e. The number of amides is 1. The van der Waals surface area contributed by atoms with Crippen LogP contribution in [-0.2, 0) is 17.8 Å². The van der Waals surface area contributed by atoms with E-state index in [0.29, 0.717) is 13.1 Å². The molecule has 0 fully saturated rings. The average molecular weight is 273 g/mol. The molecule has 2 aromatic rings. The lowest BCUT2D eigenvalue weighted by Crippen LogP contribution is -2.32. The minimum absolute atomic E-state index is 0.0292. The molecule has 0 bridgehead atoms. The van der Waals surface area contributed by atoms with Crippen molar-refractivity contribution in [2.45, 2.75) is 13.0 Å². The second-order valence-electron chi connectivity index (χ2n) is 4.44. The Morgan fingerprint density at radius 3 is 2.75 bits per heavy atom. The van der Waals surface area contributed by atoms with Gasteiger partial charge in [0.1, 0.15) is 5.82 Å². The molecule has 0 radical (unpaired) electrons. The van der Waals surface area contributed by atoms with Crippen molar-refractivity contribution in [3.05, 3.63) is 66.5 Å². The first-order chi connectivity index (χ1) is 9.69. The standard InChI is InChI=1S/C15H16FN3O/c1-2-7-19(10-12-3-5-13(16)6-4-12)15(20)8-14-9-17-11-18-14/h2-6,9,11H,1,7-8,10H2,(H,17,18). The number of rotatable bonds is 6. The fraction of sp³-hybridized carbons (Fsp3) is 0.200. The fourth-order valence-electron chi connectivity index (χ4n) is 1.88. The Hall–Kier alpha value is -2.43. The van der Waals surface area contributed by atoms with Gasteiger partial charge in [0, 0.05) is 25.0 Å². The first-order valence-corrected chi connectivity index (χ1v) is 6.29. The molecule has 0 aliphatic rings. The molecule has 0 unspecified atom stereocenters. The molecule has 1 heterocycles. The van der Waals surface area contributed by atoms with Gasteiger partial charge in [0.2, 0.25) is 5.91 Å². The largest absolute Gasteiger partial charge is 0.348 e. The number of carbonyl (C=O) groups excluding carboxylic acids is 1. The summed E-state index contributed by atoms with van der Waals surface area (Å²) in [7, 11) is 0. The van der Waals surface area contributed by atoms with Gasteiger partial charge < -0.3 is 9.88 Å². The van der Waals surface area contributed by atoms with Gasteiger partial charge >= 0.3 is 0 Å². The minimum atomic E-state index is -0.284. The van der Waals surface area contributed by atoms with Gasteiger partial charge in [-0.25, -0.2) is 9.37 Å². The molecule has 0 saturated heterocycles. The number of aromatic nitrogens is 2. The summed E-state index contributed by atoms with van der Waals surface area (Å²) < 4.78 is 12.9. The van der Waals surface area contributed by atoms with Gasteiger partial charge in [-0.1, -0.05) is 18.2 Å². The van der Waals surface area contributed by atoms with Crippen LogP contribution < -0.4 is 0 Å². The first-order valence-electron chi connectivity index (χ1n) is 6.29. The number of hydrogen-bond donors (Lipinski definition) is 1. The monoisotopic (exact) mass is 273 g/mol. The second kappa shape index (κ2) is 6.65. The van der Waals surface area contributed by atoms with Gasteiger partial charge in [-0.3, -0.25) is 4.79 Å². The maximum atomic E-state index is 12.9. The van der Waals surface area contributed by atoms with E-state index in [1.54, 1.807) is 35.6 Å². The number of H-pyrrole nitrogens is 1. The summed E-state index contributed by atoms with van der Waals surface area (Å²) in [5, 5.41) is 0. The van der Waals surface area contributed by atoms with E-state index in [1.165, 1.54) is 12.1 Å². The summed E-state index contributed by atoms with van der Waals surface area (Å²) in [5.74, 6) is -0.314. The summed E-state index contributed by atoms with van der Waals surface area (Å²) in [6, 6.07) is 6.13. The van der Waals surface area contributed by atoms with E-state index in [-0.39, 0.29) is 18.1 Å². The third-order valence-electron chi connectivity index (χ3n) is 2.89. The maximum absolute atomic E-state index is 12.9. The quantitative estimate of drug-likeness (QED) is 0.821. The molecular formula is C15H16FN3O. The lowest BCUT2D eigenvalue weighted by Gasteiger charge is -2.21. The zero-order valence-corrected chi connectivity index (χ0v) is 11.1. The van der Waals surface area contributed by atoms with Crippen LogP contribution in [0.1, 0.15) is 11.3 Å². The third kappa shape index (κ3) is 3.78. The molecule has 5 heteroatoms. The van der Waals surface area contributed by atoms with Crippen molar-refractivity contribution in [3.8, 4) is 0 Å². The van der Waals surface area contributed by atoms with Crippen LogP contribution in [0.15, 0.2) is 49.4 Å². The number of benzene rings is 1. The molecule has 1 aromatic carbocycles. The lowest BCUT2D eigenvalue weighted by atomic mass is 10.2. The molecule has 0 spiro atoms. The lowest BCUT2D eigenvalue weighted by molar-refractivity contribution is -0.130. The summed E-state index contributed by atoms with van der Waals surface area (Å²) in [6.45, 7) is 4.54. The maximum Gasteiger partial charge on any atom is 0.229 e. The van der Waals surface area contributed by atoms with Gasteiger partial charge in [-0.05, 0) is 17.7 Å². The van der Waals surface area contributed by atoms with Crippen molar-refractivity contribution in [2.75, 3.05) is 6.54 Å². The summed E-state index contributed by atoms with van der Waals surface area (Å²) in [4.78, 5) is 20.7. The van der Waals surface area contributed by atoms with E-state index >= 15 is 0 Å². The average Bonchev–Trinajstić information content (AvgIpc) is 2.93. The van der Waals surface area contributed by atoms with E-state index in [1.807, 2.05) is 0 Å². The number of halogens is 1. The van der Waals surface area contributed by atoms with E-state index in [9.17, 15) is 9.18 Å². The van der Waals surface area contributed by atoms with Crippen LogP contribution >= 0.6 is 0 Å².